The van der Waals surface area contributed by atoms with Crippen LogP contribution in [0.25, 0.3) is 22.4 Å². The van der Waals surface area contributed by atoms with Crippen molar-refractivity contribution in [3.05, 3.63) is 36.4 Å². The predicted octanol–water partition coefficient (Wildman–Crippen LogP) is 4.78. The minimum atomic E-state index is 0.587. The molecule has 0 radical (unpaired) electrons. The number of aryl methyl sites for hydroxylation is 1. The van der Waals surface area contributed by atoms with Gasteiger partial charge in [0.25, 0.3) is 0 Å². The molecule has 0 aliphatic heterocycles. The van der Waals surface area contributed by atoms with Crippen LogP contribution in [0.3, 0.4) is 0 Å². The molecule has 0 spiro atoms. The predicted molar refractivity (Wildman–Crippen MR) is 104 cm³/mol. The Morgan fingerprint density at radius 3 is 2.19 bits per heavy atom. The van der Waals surface area contributed by atoms with E-state index < -0.39 is 0 Å². The topological polar surface area (TPSA) is 45.5 Å². The van der Waals surface area contributed by atoms with Gasteiger partial charge in [-0.2, -0.15) is 0 Å². The van der Waals surface area contributed by atoms with Crippen molar-refractivity contribution in [3.63, 3.8) is 0 Å². The summed E-state index contributed by atoms with van der Waals surface area (Å²) in [5.41, 5.74) is 3.07. The van der Waals surface area contributed by atoms with Gasteiger partial charge in [-0.25, -0.2) is 4.98 Å². The lowest BCUT2D eigenvalue weighted by Gasteiger charge is -2.15. The van der Waals surface area contributed by atoms with Crippen molar-refractivity contribution in [2.45, 2.75) is 26.8 Å². The Morgan fingerprint density at radius 1 is 0.962 bits per heavy atom. The van der Waals surface area contributed by atoms with Crippen LogP contribution < -0.4 is 14.2 Å². The highest BCUT2D eigenvalue weighted by molar-refractivity contribution is 5.81. The number of methoxy groups -OCH3 is 3. The van der Waals surface area contributed by atoms with Crippen LogP contribution in [0.4, 0.5) is 0 Å². The van der Waals surface area contributed by atoms with Gasteiger partial charge >= 0.3 is 0 Å². The van der Waals surface area contributed by atoms with Gasteiger partial charge in [0.1, 0.15) is 5.82 Å². The van der Waals surface area contributed by atoms with Crippen LogP contribution in [0.15, 0.2) is 36.4 Å². The van der Waals surface area contributed by atoms with Crippen molar-refractivity contribution in [1.29, 1.82) is 0 Å². The normalized spacial score (nSPS) is 11.2. The van der Waals surface area contributed by atoms with Gasteiger partial charge in [-0.1, -0.05) is 26.0 Å². The fraction of sp³-hybridized carbons (Fsp3) is 0.381. The molecule has 0 aliphatic rings. The van der Waals surface area contributed by atoms with E-state index in [1.807, 2.05) is 24.3 Å². The van der Waals surface area contributed by atoms with E-state index in [2.05, 4.69) is 30.5 Å². The zero-order chi connectivity index (χ0) is 18.7. The maximum atomic E-state index is 5.51. The summed E-state index contributed by atoms with van der Waals surface area (Å²) in [6.45, 7) is 5.38. The van der Waals surface area contributed by atoms with Gasteiger partial charge in [0.15, 0.2) is 11.5 Å². The van der Waals surface area contributed by atoms with Crippen LogP contribution in [-0.2, 0) is 6.54 Å². The Morgan fingerprint density at radius 2 is 1.62 bits per heavy atom. The summed E-state index contributed by atoms with van der Waals surface area (Å²) in [6.07, 6.45) is 1.08. The van der Waals surface area contributed by atoms with Gasteiger partial charge in [-0.05, 0) is 36.6 Å². The Bertz CT molecular complexity index is 874. The molecule has 3 aromatic rings. The number of para-hydroxylation sites is 2. The molecule has 0 unspecified atom stereocenters. The SMILES string of the molecule is COc1cc(-c2nc3ccccc3n2CCC(C)C)cc(OC)c1OC. The molecule has 0 atom stereocenters. The second-order valence-electron chi connectivity index (χ2n) is 6.67. The summed E-state index contributed by atoms with van der Waals surface area (Å²) in [6, 6.07) is 12.1. The summed E-state index contributed by atoms with van der Waals surface area (Å²) >= 11 is 0. The van der Waals surface area contributed by atoms with Crippen molar-refractivity contribution >= 4 is 11.0 Å². The van der Waals surface area contributed by atoms with Crippen molar-refractivity contribution in [2.75, 3.05) is 21.3 Å². The van der Waals surface area contributed by atoms with Crippen molar-refractivity contribution < 1.29 is 14.2 Å². The molecule has 0 fully saturated rings. The summed E-state index contributed by atoms with van der Waals surface area (Å²) in [5.74, 6) is 3.37. The van der Waals surface area contributed by atoms with E-state index in [-0.39, 0.29) is 0 Å². The third-order valence-corrected chi connectivity index (χ3v) is 4.51. The lowest BCUT2D eigenvalue weighted by atomic mass is 10.1. The molecule has 2 aromatic carbocycles. The largest absolute Gasteiger partial charge is 0.493 e. The first-order valence-corrected chi connectivity index (χ1v) is 8.84. The van der Waals surface area contributed by atoms with E-state index in [9.17, 15) is 0 Å². The molecule has 5 heteroatoms. The molecular weight excluding hydrogens is 328 g/mol. The number of fused-ring (bicyclic) bond motifs is 1. The third-order valence-electron chi connectivity index (χ3n) is 4.51. The molecule has 1 heterocycles. The van der Waals surface area contributed by atoms with Gasteiger partial charge in [0, 0.05) is 12.1 Å². The quantitative estimate of drug-likeness (QED) is 0.613. The number of aromatic nitrogens is 2. The summed E-state index contributed by atoms with van der Waals surface area (Å²) in [5, 5.41) is 0. The minimum Gasteiger partial charge on any atom is -0.493 e. The number of nitrogens with zero attached hydrogens (tertiary/aromatic N) is 2. The summed E-state index contributed by atoms with van der Waals surface area (Å²) < 4.78 is 18.7. The molecule has 0 bridgehead atoms. The Kier molecular flexibility index (Phi) is 5.35. The molecule has 0 amide bonds. The molecule has 0 saturated carbocycles. The van der Waals surface area contributed by atoms with Crippen LogP contribution in [0.1, 0.15) is 20.3 Å². The highest BCUT2D eigenvalue weighted by Crippen LogP contribution is 2.41. The summed E-state index contributed by atoms with van der Waals surface area (Å²) in [4.78, 5) is 4.88. The van der Waals surface area contributed by atoms with E-state index in [1.165, 1.54) is 0 Å². The van der Waals surface area contributed by atoms with Crippen LogP contribution in [0, 0.1) is 5.92 Å². The van der Waals surface area contributed by atoms with Crippen molar-refractivity contribution in [1.82, 2.24) is 9.55 Å². The number of ether oxygens (including phenoxy) is 3. The molecule has 1 aromatic heterocycles. The zero-order valence-corrected chi connectivity index (χ0v) is 16.1. The van der Waals surface area contributed by atoms with Gasteiger partial charge in [0.2, 0.25) is 5.75 Å². The van der Waals surface area contributed by atoms with Gasteiger partial charge < -0.3 is 18.8 Å². The van der Waals surface area contributed by atoms with Gasteiger partial charge in [-0.3, -0.25) is 0 Å². The van der Waals surface area contributed by atoms with E-state index in [0.29, 0.717) is 23.2 Å². The number of rotatable bonds is 7. The molecule has 26 heavy (non-hydrogen) atoms. The number of benzene rings is 2. The van der Waals surface area contributed by atoms with Crippen LogP contribution in [0.5, 0.6) is 17.2 Å². The average Bonchev–Trinajstić information content (AvgIpc) is 3.03. The smallest absolute Gasteiger partial charge is 0.203 e. The minimum absolute atomic E-state index is 0.587. The molecule has 5 nitrogen and oxygen atoms in total. The van der Waals surface area contributed by atoms with Gasteiger partial charge in [0.05, 0.1) is 32.4 Å². The van der Waals surface area contributed by atoms with Gasteiger partial charge in [-0.15, -0.1) is 0 Å². The number of hydrogen-bond donors (Lipinski definition) is 0. The lowest BCUT2D eigenvalue weighted by Crippen LogP contribution is -2.04. The Hall–Kier alpha value is -2.69. The molecule has 138 valence electrons. The van der Waals surface area contributed by atoms with E-state index in [4.69, 9.17) is 19.2 Å². The standard InChI is InChI=1S/C21H26N2O3/c1-14(2)10-11-23-17-9-7-6-8-16(17)22-21(23)15-12-18(24-3)20(26-5)19(13-15)25-4/h6-9,12-14H,10-11H2,1-5H3. The van der Waals surface area contributed by atoms with Crippen LogP contribution in [-0.4, -0.2) is 30.9 Å². The van der Waals surface area contributed by atoms with E-state index in [0.717, 1.165) is 35.4 Å². The van der Waals surface area contributed by atoms with Crippen LogP contribution in [0.2, 0.25) is 0 Å². The molecule has 0 aliphatic carbocycles. The van der Waals surface area contributed by atoms with Crippen LogP contribution >= 0.6 is 0 Å². The highest BCUT2D eigenvalue weighted by atomic mass is 16.5. The Labute approximate surface area is 154 Å². The second-order valence-corrected chi connectivity index (χ2v) is 6.67. The highest BCUT2D eigenvalue weighted by Gasteiger charge is 2.18. The molecular formula is C21H26N2O3. The Balaban J connectivity index is 2.19. The summed E-state index contributed by atoms with van der Waals surface area (Å²) in [7, 11) is 4.86. The number of hydrogen-bond acceptors (Lipinski definition) is 4. The number of imidazole rings is 1. The molecule has 0 saturated heterocycles. The fourth-order valence-corrected chi connectivity index (χ4v) is 3.12. The monoisotopic (exact) mass is 354 g/mol. The van der Waals surface area contributed by atoms with Crippen molar-refractivity contribution in [3.8, 4) is 28.6 Å². The average molecular weight is 354 g/mol. The second kappa shape index (κ2) is 7.68. The van der Waals surface area contributed by atoms with E-state index >= 15 is 0 Å². The first-order chi connectivity index (χ1) is 12.6. The van der Waals surface area contributed by atoms with Crippen molar-refractivity contribution in [2.24, 2.45) is 5.92 Å². The first kappa shape index (κ1) is 18.1. The third kappa shape index (κ3) is 3.34. The maximum absolute atomic E-state index is 5.51. The molecule has 0 N–H and O–H groups in total. The molecule has 3 rings (SSSR count). The first-order valence-electron chi connectivity index (χ1n) is 8.84. The fourth-order valence-electron chi connectivity index (χ4n) is 3.12. The lowest BCUT2D eigenvalue weighted by molar-refractivity contribution is 0.324. The maximum Gasteiger partial charge on any atom is 0.203 e. The zero-order valence-electron chi connectivity index (χ0n) is 16.1. The van der Waals surface area contributed by atoms with E-state index in [1.54, 1.807) is 21.3 Å².